The van der Waals surface area contributed by atoms with Crippen LogP contribution in [0.5, 0.6) is 0 Å². The van der Waals surface area contributed by atoms with Crippen molar-refractivity contribution < 1.29 is 0 Å². The summed E-state index contributed by atoms with van der Waals surface area (Å²) >= 11 is 3.59. The van der Waals surface area contributed by atoms with E-state index in [1.807, 2.05) is 11.3 Å². The highest BCUT2D eigenvalue weighted by Gasteiger charge is 2.41. The second kappa shape index (κ2) is 4.45. The number of anilines is 1. The van der Waals surface area contributed by atoms with Crippen molar-refractivity contribution in [1.82, 2.24) is 25.5 Å². The summed E-state index contributed by atoms with van der Waals surface area (Å²) < 4.78 is 2.22. The molecule has 110 valence electrons. The van der Waals surface area contributed by atoms with Crippen LogP contribution in [0.25, 0.3) is 5.00 Å². The van der Waals surface area contributed by atoms with Crippen molar-refractivity contribution in [3.05, 3.63) is 16.0 Å². The van der Waals surface area contributed by atoms with E-state index in [9.17, 15) is 0 Å². The molecule has 2 aliphatic heterocycles. The van der Waals surface area contributed by atoms with Crippen LogP contribution in [0.15, 0.2) is 5.16 Å². The number of nitrogens with one attached hydrogen (secondary N) is 2. The van der Waals surface area contributed by atoms with Crippen LogP contribution < -0.4 is 15.8 Å². The number of thioether (sulfide) groups is 1. The Morgan fingerprint density at radius 3 is 3.10 bits per heavy atom. The number of aryl methyl sites for hydroxylation is 1. The molecule has 8 heteroatoms. The smallest absolute Gasteiger partial charge is 0.249 e. The molecule has 3 aliphatic rings. The zero-order chi connectivity index (χ0) is 14.0. The molecule has 1 fully saturated rings. The van der Waals surface area contributed by atoms with Gasteiger partial charge in [0.05, 0.1) is 6.67 Å². The van der Waals surface area contributed by atoms with E-state index < -0.39 is 0 Å². The van der Waals surface area contributed by atoms with Crippen LogP contribution in [0, 0.1) is 0 Å². The van der Waals surface area contributed by atoms with Crippen molar-refractivity contribution in [2.75, 3.05) is 17.9 Å². The zero-order valence-electron chi connectivity index (χ0n) is 11.7. The number of thiophene rings is 1. The predicted octanol–water partition coefficient (Wildman–Crippen LogP) is 1.81. The van der Waals surface area contributed by atoms with Gasteiger partial charge in [-0.25, -0.2) is 9.99 Å². The molecule has 0 bridgehead atoms. The SMILES string of the molecule is CSc1nnc2n1-c1sc3c(c1C1NCNN21)CCCC3. The van der Waals surface area contributed by atoms with E-state index in [-0.39, 0.29) is 6.17 Å². The maximum absolute atomic E-state index is 4.40. The minimum Gasteiger partial charge on any atom is -0.278 e. The second-order valence-corrected chi connectivity index (χ2v) is 7.42. The third-order valence-corrected chi connectivity index (χ3v) is 6.41. The highest BCUT2D eigenvalue weighted by atomic mass is 32.2. The zero-order valence-corrected chi connectivity index (χ0v) is 13.4. The maximum Gasteiger partial charge on any atom is 0.249 e. The first-order chi connectivity index (χ1) is 10.4. The first kappa shape index (κ1) is 12.5. The molecule has 4 heterocycles. The molecule has 2 aromatic rings. The van der Waals surface area contributed by atoms with E-state index >= 15 is 0 Å². The molecule has 0 spiro atoms. The molecule has 0 aromatic carbocycles. The van der Waals surface area contributed by atoms with Crippen LogP contribution in [0.2, 0.25) is 0 Å². The Hall–Kier alpha value is -1.09. The monoisotopic (exact) mass is 320 g/mol. The summed E-state index contributed by atoms with van der Waals surface area (Å²) in [5.74, 6) is 0.903. The lowest BCUT2D eigenvalue weighted by Crippen LogP contribution is -2.39. The van der Waals surface area contributed by atoms with Gasteiger partial charge in [0.25, 0.3) is 0 Å². The quantitative estimate of drug-likeness (QED) is 0.782. The summed E-state index contributed by atoms with van der Waals surface area (Å²) in [5.41, 5.74) is 6.40. The third kappa shape index (κ3) is 1.56. The van der Waals surface area contributed by atoms with Crippen LogP contribution >= 0.6 is 23.1 Å². The summed E-state index contributed by atoms with van der Waals surface area (Å²) in [6.45, 7) is 0.774. The van der Waals surface area contributed by atoms with Gasteiger partial charge in [0, 0.05) is 10.4 Å². The largest absolute Gasteiger partial charge is 0.278 e. The minimum absolute atomic E-state index is 0.199. The van der Waals surface area contributed by atoms with Crippen molar-refractivity contribution in [3.8, 4) is 5.00 Å². The molecule has 0 radical (unpaired) electrons. The highest BCUT2D eigenvalue weighted by molar-refractivity contribution is 7.98. The average Bonchev–Trinajstić information content (AvgIpc) is 3.21. The van der Waals surface area contributed by atoms with Crippen LogP contribution in [-0.2, 0) is 12.8 Å². The van der Waals surface area contributed by atoms with Gasteiger partial charge >= 0.3 is 0 Å². The molecule has 2 aromatic heterocycles. The second-order valence-electron chi connectivity index (χ2n) is 5.56. The molecule has 6 nitrogen and oxygen atoms in total. The minimum atomic E-state index is 0.199. The van der Waals surface area contributed by atoms with Gasteiger partial charge in [0.2, 0.25) is 5.95 Å². The molecule has 2 N–H and O–H groups in total. The summed E-state index contributed by atoms with van der Waals surface area (Å²) in [6, 6.07) is 0. The third-order valence-electron chi connectivity index (χ3n) is 4.49. The summed E-state index contributed by atoms with van der Waals surface area (Å²) in [5, 5.41) is 16.7. The fourth-order valence-electron chi connectivity index (χ4n) is 3.58. The Bertz CT molecular complexity index is 721. The Morgan fingerprint density at radius 1 is 1.29 bits per heavy atom. The summed E-state index contributed by atoms with van der Waals surface area (Å²) in [4.78, 5) is 1.56. The van der Waals surface area contributed by atoms with E-state index in [4.69, 9.17) is 0 Å². The van der Waals surface area contributed by atoms with E-state index in [0.717, 1.165) is 17.8 Å². The molecule has 1 aliphatic carbocycles. The van der Waals surface area contributed by atoms with Gasteiger partial charge in [-0.15, -0.1) is 21.5 Å². The van der Waals surface area contributed by atoms with Crippen molar-refractivity contribution in [2.45, 2.75) is 37.0 Å². The number of rotatable bonds is 1. The number of fused-ring (bicyclic) bond motifs is 8. The van der Waals surface area contributed by atoms with Gasteiger partial charge in [-0.3, -0.25) is 10.3 Å². The molecular weight excluding hydrogens is 304 g/mol. The number of hydrogen-bond donors (Lipinski definition) is 2. The number of nitrogens with zero attached hydrogens (tertiary/aromatic N) is 4. The van der Waals surface area contributed by atoms with Gasteiger partial charge in [-0.2, -0.15) is 0 Å². The Kier molecular flexibility index (Phi) is 2.64. The van der Waals surface area contributed by atoms with Gasteiger partial charge in [0.15, 0.2) is 5.16 Å². The molecule has 1 unspecified atom stereocenters. The summed E-state index contributed by atoms with van der Waals surface area (Å²) in [6.07, 6.45) is 7.31. The highest BCUT2D eigenvalue weighted by Crippen LogP contribution is 2.47. The summed E-state index contributed by atoms with van der Waals surface area (Å²) in [7, 11) is 0. The molecule has 1 atom stereocenters. The van der Waals surface area contributed by atoms with E-state index in [1.165, 1.54) is 36.2 Å². The lowest BCUT2D eigenvalue weighted by atomic mass is 9.94. The lowest BCUT2D eigenvalue weighted by Gasteiger charge is -2.31. The molecular formula is C13H16N6S2. The number of aromatic nitrogens is 3. The Balaban J connectivity index is 1.81. The van der Waals surface area contributed by atoms with Crippen molar-refractivity contribution in [3.63, 3.8) is 0 Å². The normalized spacial score (nSPS) is 22.7. The first-order valence-corrected chi connectivity index (χ1v) is 9.33. The lowest BCUT2D eigenvalue weighted by molar-refractivity contribution is 0.579. The molecule has 5 rings (SSSR count). The van der Waals surface area contributed by atoms with E-state index in [1.54, 1.807) is 22.2 Å². The first-order valence-electron chi connectivity index (χ1n) is 7.29. The van der Waals surface area contributed by atoms with E-state index in [0.29, 0.717) is 0 Å². The topological polar surface area (TPSA) is 58.0 Å². The van der Waals surface area contributed by atoms with Gasteiger partial charge < -0.3 is 0 Å². The number of hydrazine groups is 1. The van der Waals surface area contributed by atoms with E-state index in [2.05, 4.69) is 36.8 Å². The fourth-order valence-corrected chi connectivity index (χ4v) is 5.53. The molecule has 1 saturated heterocycles. The van der Waals surface area contributed by atoms with Crippen LogP contribution in [0.1, 0.15) is 35.0 Å². The van der Waals surface area contributed by atoms with Gasteiger partial charge in [-0.1, -0.05) is 11.8 Å². The van der Waals surface area contributed by atoms with Crippen LogP contribution in [-0.4, -0.2) is 27.7 Å². The van der Waals surface area contributed by atoms with Gasteiger partial charge in [0.1, 0.15) is 11.2 Å². The predicted molar refractivity (Wildman–Crippen MR) is 84.0 cm³/mol. The van der Waals surface area contributed by atoms with Crippen LogP contribution in [0.3, 0.4) is 0 Å². The molecule has 21 heavy (non-hydrogen) atoms. The Morgan fingerprint density at radius 2 is 2.19 bits per heavy atom. The van der Waals surface area contributed by atoms with Crippen molar-refractivity contribution >= 4 is 29.0 Å². The standard InChI is InChI=1S/C13H16N6S2/c1-20-13-17-16-12-18(13)11-9(10-14-6-15-19(10)12)7-4-2-3-5-8(7)21-11/h10,14-15H,2-6H2,1H3. The molecule has 0 saturated carbocycles. The van der Waals surface area contributed by atoms with Crippen LogP contribution in [0.4, 0.5) is 5.95 Å². The average molecular weight is 320 g/mol. The Labute approximate surface area is 130 Å². The van der Waals surface area contributed by atoms with Crippen molar-refractivity contribution in [2.24, 2.45) is 0 Å². The fraction of sp³-hybridized carbons (Fsp3) is 0.538. The maximum atomic E-state index is 4.40. The van der Waals surface area contributed by atoms with Gasteiger partial charge in [-0.05, 0) is 37.5 Å². The van der Waals surface area contributed by atoms with Crippen molar-refractivity contribution in [1.29, 1.82) is 0 Å². The molecule has 0 amide bonds. The number of hydrogen-bond acceptors (Lipinski definition) is 7.